The number of alkyl halides is 3. The van der Waals surface area contributed by atoms with Crippen molar-refractivity contribution in [2.24, 2.45) is 0 Å². The lowest BCUT2D eigenvalue weighted by Crippen LogP contribution is -2.20. The minimum atomic E-state index is -4.82. The predicted molar refractivity (Wildman–Crippen MR) is 79.7 cm³/mol. The van der Waals surface area contributed by atoms with Crippen LogP contribution in [0, 0.1) is 0 Å². The number of nitrogens with zero attached hydrogens (tertiary/aromatic N) is 3. The number of benzene rings is 1. The Morgan fingerprint density at radius 2 is 1.96 bits per heavy atom. The van der Waals surface area contributed by atoms with Crippen molar-refractivity contribution in [2.45, 2.75) is 6.18 Å². The highest BCUT2D eigenvalue weighted by atomic mass is 35.5. The minimum Gasteiger partial charge on any atom is -0.406 e. The van der Waals surface area contributed by atoms with Gasteiger partial charge in [-0.15, -0.1) is 0 Å². The van der Waals surface area contributed by atoms with Crippen molar-refractivity contribution in [3.63, 3.8) is 0 Å². The van der Waals surface area contributed by atoms with Crippen LogP contribution in [0.4, 0.5) is 23.8 Å². The maximum absolute atomic E-state index is 13.4. The van der Waals surface area contributed by atoms with Gasteiger partial charge in [-0.2, -0.15) is 18.3 Å². The normalized spacial score (nSPS) is 11.4. The van der Waals surface area contributed by atoms with E-state index in [0.717, 1.165) is 6.20 Å². The summed E-state index contributed by atoms with van der Waals surface area (Å²) in [7, 11) is 0. The Morgan fingerprint density at radius 3 is 2.56 bits per heavy atom. The number of halogens is 4. The summed E-state index contributed by atoms with van der Waals surface area (Å²) >= 11 is 5.73. The number of carbonyl (C=O) groups is 1. The minimum absolute atomic E-state index is 0.0105. The average molecular weight is 373 g/mol. The Morgan fingerprint density at radius 1 is 1.24 bits per heavy atom. The molecule has 0 fully saturated rings. The highest BCUT2D eigenvalue weighted by Crippen LogP contribution is 2.37. The van der Waals surface area contributed by atoms with Crippen LogP contribution in [-0.4, -0.2) is 21.0 Å². The largest absolute Gasteiger partial charge is 0.437 e. The molecule has 0 unspecified atom stereocenters. The van der Waals surface area contributed by atoms with E-state index in [2.05, 4.69) is 20.1 Å². The summed E-state index contributed by atoms with van der Waals surface area (Å²) in [4.78, 5) is 11.7. The molecule has 2 heterocycles. The first kappa shape index (κ1) is 16.8. The summed E-state index contributed by atoms with van der Waals surface area (Å²) < 4.78 is 50.0. The van der Waals surface area contributed by atoms with Crippen LogP contribution in [0.15, 0.2) is 47.3 Å². The zero-order valence-corrected chi connectivity index (χ0v) is 12.9. The lowest BCUT2D eigenvalue weighted by atomic mass is 10.3. The molecule has 0 radical (unpaired) electrons. The number of carbonyl (C=O) groups excluding carboxylic acids is 1. The van der Waals surface area contributed by atoms with Crippen LogP contribution in [0.2, 0.25) is 5.02 Å². The fourth-order valence-electron chi connectivity index (χ4n) is 1.95. The average Bonchev–Trinajstić information content (AvgIpc) is 3.17. The molecule has 3 aromatic rings. The standard InChI is InChI=1S/C14H8ClF3N4O3/c15-8-1-3-9(4-2-8)22-12(14(16,17)18)10(7-19-22)25-13(23)20-11-5-6-24-21-11/h1-7H,(H,20,21,23). The molecule has 0 aliphatic rings. The first-order valence-electron chi connectivity index (χ1n) is 6.65. The van der Waals surface area contributed by atoms with Crippen molar-refractivity contribution >= 4 is 23.5 Å². The Kier molecular flexibility index (Phi) is 4.36. The molecule has 1 amide bonds. The quantitative estimate of drug-likeness (QED) is 0.747. The van der Waals surface area contributed by atoms with Gasteiger partial charge < -0.3 is 9.26 Å². The molecule has 0 aliphatic heterocycles. The number of rotatable bonds is 3. The lowest BCUT2D eigenvalue weighted by Gasteiger charge is -2.12. The van der Waals surface area contributed by atoms with Gasteiger partial charge in [0, 0.05) is 11.1 Å². The number of hydrogen-bond acceptors (Lipinski definition) is 5. The smallest absolute Gasteiger partial charge is 0.406 e. The van der Waals surface area contributed by atoms with Crippen molar-refractivity contribution in [1.29, 1.82) is 0 Å². The maximum Gasteiger partial charge on any atom is 0.437 e. The van der Waals surface area contributed by atoms with Crippen LogP contribution in [0.1, 0.15) is 5.69 Å². The summed E-state index contributed by atoms with van der Waals surface area (Å²) in [5.74, 6) is -0.771. The van der Waals surface area contributed by atoms with Crippen molar-refractivity contribution in [3.8, 4) is 11.4 Å². The fraction of sp³-hybridized carbons (Fsp3) is 0.0714. The molecule has 7 nitrogen and oxygen atoms in total. The van der Waals surface area contributed by atoms with Gasteiger partial charge in [-0.3, -0.25) is 5.32 Å². The van der Waals surface area contributed by atoms with Crippen molar-refractivity contribution in [1.82, 2.24) is 14.9 Å². The van der Waals surface area contributed by atoms with Crippen LogP contribution >= 0.6 is 11.6 Å². The van der Waals surface area contributed by atoms with Gasteiger partial charge in [-0.1, -0.05) is 16.8 Å². The molecule has 1 aromatic carbocycles. The van der Waals surface area contributed by atoms with Crippen LogP contribution in [-0.2, 0) is 6.18 Å². The summed E-state index contributed by atoms with van der Waals surface area (Å²) in [5.41, 5.74) is -1.14. The Hall–Kier alpha value is -3.01. The van der Waals surface area contributed by atoms with E-state index >= 15 is 0 Å². The summed E-state index contributed by atoms with van der Waals surface area (Å²) in [6.45, 7) is 0. The van der Waals surface area contributed by atoms with Gasteiger partial charge >= 0.3 is 12.3 Å². The highest BCUT2D eigenvalue weighted by Gasteiger charge is 2.40. The molecule has 1 N–H and O–H groups in total. The van der Waals surface area contributed by atoms with Gasteiger partial charge in [0.15, 0.2) is 17.3 Å². The number of nitrogens with one attached hydrogen (secondary N) is 1. The molecule has 25 heavy (non-hydrogen) atoms. The van der Waals surface area contributed by atoms with Crippen LogP contribution in [0.25, 0.3) is 5.69 Å². The van der Waals surface area contributed by atoms with Gasteiger partial charge in [0.25, 0.3) is 0 Å². The number of amides is 1. The number of aromatic nitrogens is 3. The first-order valence-corrected chi connectivity index (χ1v) is 7.03. The zero-order chi connectivity index (χ0) is 18.0. The topological polar surface area (TPSA) is 82.2 Å². The number of hydrogen-bond donors (Lipinski definition) is 1. The summed E-state index contributed by atoms with van der Waals surface area (Å²) in [6.07, 6.45) is -4.02. The Balaban J connectivity index is 1.92. The molecule has 0 atom stereocenters. The second-order valence-electron chi connectivity index (χ2n) is 4.64. The van der Waals surface area contributed by atoms with E-state index in [0.29, 0.717) is 9.70 Å². The molecule has 0 aliphatic carbocycles. The molecule has 0 spiro atoms. The third-order valence-electron chi connectivity index (χ3n) is 2.95. The van der Waals surface area contributed by atoms with Crippen LogP contribution in [0.3, 0.4) is 0 Å². The molecule has 0 bridgehead atoms. The third-order valence-corrected chi connectivity index (χ3v) is 3.20. The van der Waals surface area contributed by atoms with E-state index in [1.807, 2.05) is 0 Å². The van der Waals surface area contributed by atoms with Gasteiger partial charge in [-0.05, 0) is 24.3 Å². The Labute approximate surface area is 142 Å². The van der Waals surface area contributed by atoms with E-state index in [-0.39, 0.29) is 11.5 Å². The molecule has 0 saturated heterocycles. The highest BCUT2D eigenvalue weighted by molar-refractivity contribution is 6.30. The van der Waals surface area contributed by atoms with Gasteiger partial charge in [0.1, 0.15) is 6.26 Å². The summed E-state index contributed by atoms with van der Waals surface area (Å²) in [5, 5.41) is 9.51. The molecule has 11 heteroatoms. The molecule has 0 saturated carbocycles. The van der Waals surface area contributed by atoms with E-state index in [1.165, 1.54) is 36.6 Å². The zero-order valence-electron chi connectivity index (χ0n) is 12.1. The van der Waals surface area contributed by atoms with E-state index in [9.17, 15) is 18.0 Å². The second-order valence-corrected chi connectivity index (χ2v) is 5.08. The van der Waals surface area contributed by atoms with Crippen molar-refractivity contribution < 1.29 is 27.2 Å². The van der Waals surface area contributed by atoms with E-state index in [4.69, 9.17) is 16.3 Å². The third kappa shape index (κ3) is 3.74. The molecule has 130 valence electrons. The SMILES string of the molecule is O=C(Nc1ccon1)Oc1cnn(-c2ccc(Cl)cc2)c1C(F)(F)F. The number of anilines is 1. The first-order chi connectivity index (χ1) is 11.8. The Bertz CT molecular complexity index is 876. The molecule has 3 rings (SSSR count). The number of ether oxygens (including phenoxy) is 1. The fourth-order valence-corrected chi connectivity index (χ4v) is 2.08. The predicted octanol–water partition coefficient (Wildman–Crippen LogP) is 4.14. The second kappa shape index (κ2) is 6.48. The molecular formula is C14H8ClF3N4O3. The maximum atomic E-state index is 13.4. The van der Waals surface area contributed by atoms with E-state index in [1.54, 1.807) is 0 Å². The van der Waals surface area contributed by atoms with Crippen molar-refractivity contribution in [2.75, 3.05) is 5.32 Å². The monoisotopic (exact) mass is 372 g/mol. The van der Waals surface area contributed by atoms with Crippen molar-refractivity contribution in [3.05, 3.63) is 53.5 Å². The van der Waals surface area contributed by atoms with Crippen LogP contribution < -0.4 is 10.1 Å². The molecule has 2 aromatic heterocycles. The summed E-state index contributed by atoms with van der Waals surface area (Å²) in [6, 6.07) is 6.82. The molecular weight excluding hydrogens is 365 g/mol. The van der Waals surface area contributed by atoms with Gasteiger partial charge in [0.05, 0.1) is 11.9 Å². The van der Waals surface area contributed by atoms with Gasteiger partial charge in [-0.25, -0.2) is 9.48 Å². The van der Waals surface area contributed by atoms with E-state index < -0.39 is 23.7 Å². The van der Waals surface area contributed by atoms with Crippen LogP contribution in [0.5, 0.6) is 5.75 Å². The lowest BCUT2D eigenvalue weighted by molar-refractivity contribution is -0.143. The van der Waals surface area contributed by atoms with Gasteiger partial charge in [0.2, 0.25) is 0 Å².